The molecule has 1 rings (SSSR count). The smallest absolute Gasteiger partial charge is 0.0698 e. The van der Waals surface area contributed by atoms with Gasteiger partial charge in [0.1, 0.15) is 0 Å². The fourth-order valence-electron chi connectivity index (χ4n) is 2.26. The third kappa shape index (κ3) is 2.44. The van der Waals surface area contributed by atoms with Crippen LogP contribution in [-0.2, 0) is 0 Å². The van der Waals surface area contributed by atoms with Gasteiger partial charge in [-0.1, -0.05) is 20.8 Å². The maximum Gasteiger partial charge on any atom is 0.0698 e. The van der Waals surface area contributed by atoms with Crippen LogP contribution in [-0.4, -0.2) is 36.2 Å². The molecule has 0 bridgehead atoms. The first kappa shape index (κ1) is 11.0. The monoisotopic (exact) mass is 185 g/mol. The van der Waals surface area contributed by atoms with Crippen LogP contribution in [0.2, 0.25) is 0 Å². The summed E-state index contributed by atoms with van der Waals surface area (Å²) in [6, 6.07) is 0.365. The van der Waals surface area contributed by atoms with Gasteiger partial charge in [-0.2, -0.15) is 0 Å². The fraction of sp³-hybridized carbons (Fsp3) is 1.00. The molecule has 0 aromatic rings. The lowest BCUT2D eigenvalue weighted by molar-refractivity contribution is 0.0985. The first-order chi connectivity index (χ1) is 5.82. The Kier molecular flexibility index (Phi) is 3.03. The SMILES string of the molecule is CN(C)C1CC(C(C)(C)C)CC1O. The van der Waals surface area contributed by atoms with Crippen LogP contribution in [0, 0.1) is 11.3 Å². The van der Waals surface area contributed by atoms with E-state index in [1.165, 1.54) is 0 Å². The van der Waals surface area contributed by atoms with Crippen LogP contribution >= 0.6 is 0 Å². The zero-order valence-electron chi connectivity index (χ0n) is 9.54. The van der Waals surface area contributed by atoms with Gasteiger partial charge >= 0.3 is 0 Å². The third-order valence-electron chi connectivity index (χ3n) is 3.38. The van der Waals surface area contributed by atoms with Crippen molar-refractivity contribution in [1.29, 1.82) is 0 Å². The number of aliphatic hydroxyl groups is 1. The van der Waals surface area contributed by atoms with Gasteiger partial charge in [-0.3, -0.25) is 0 Å². The van der Waals surface area contributed by atoms with Gasteiger partial charge in [-0.25, -0.2) is 0 Å². The topological polar surface area (TPSA) is 23.5 Å². The molecule has 0 spiro atoms. The Morgan fingerprint density at radius 3 is 1.92 bits per heavy atom. The summed E-state index contributed by atoms with van der Waals surface area (Å²) in [7, 11) is 4.11. The van der Waals surface area contributed by atoms with Crippen molar-refractivity contribution in [3.8, 4) is 0 Å². The summed E-state index contributed by atoms with van der Waals surface area (Å²) in [4.78, 5) is 2.15. The molecule has 3 atom stereocenters. The summed E-state index contributed by atoms with van der Waals surface area (Å²) in [6.45, 7) is 6.80. The van der Waals surface area contributed by atoms with Crippen LogP contribution in [0.1, 0.15) is 33.6 Å². The molecule has 2 heteroatoms. The van der Waals surface area contributed by atoms with Crippen molar-refractivity contribution in [1.82, 2.24) is 4.90 Å². The number of nitrogens with zero attached hydrogens (tertiary/aromatic N) is 1. The maximum absolute atomic E-state index is 9.85. The molecule has 78 valence electrons. The molecule has 1 N–H and O–H groups in total. The Bertz CT molecular complexity index is 171. The first-order valence-electron chi connectivity index (χ1n) is 5.17. The highest BCUT2D eigenvalue weighted by Gasteiger charge is 2.39. The quantitative estimate of drug-likeness (QED) is 0.672. The molecular weight excluding hydrogens is 162 g/mol. The van der Waals surface area contributed by atoms with E-state index in [-0.39, 0.29) is 6.10 Å². The Morgan fingerprint density at radius 2 is 1.69 bits per heavy atom. The number of hydrogen-bond acceptors (Lipinski definition) is 2. The summed E-state index contributed by atoms with van der Waals surface area (Å²) in [5.41, 5.74) is 0.339. The summed E-state index contributed by atoms with van der Waals surface area (Å²) in [5.74, 6) is 0.662. The predicted molar refractivity (Wildman–Crippen MR) is 55.7 cm³/mol. The minimum atomic E-state index is -0.126. The Labute approximate surface area is 81.9 Å². The van der Waals surface area contributed by atoms with E-state index in [0.29, 0.717) is 17.4 Å². The van der Waals surface area contributed by atoms with Gasteiger partial charge in [0.05, 0.1) is 6.10 Å². The highest BCUT2D eigenvalue weighted by atomic mass is 16.3. The van der Waals surface area contributed by atoms with Crippen molar-refractivity contribution in [2.75, 3.05) is 14.1 Å². The van der Waals surface area contributed by atoms with E-state index in [1.54, 1.807) is 0 Å². The second kappa shape index (κ2) is 3.58. The minimum Gasteiger partial charge on any atom is -0.391 e. The van der Waals surface area contributed by atoms with Crippen LogP contribution in [0.25, 0.3) is 0 Å². The number of hydrogen-bond donors (Lipinski definition) is 1. The van der Waals surface area contributed by atoms with Crippen LogP contribution in [0.5, 0.6) is 0 Å². The summed E-state index contributed by atoms with van der Waals surface area (Å²) >= 11 is 0. The molecule has 0 aromatic carbocycles. The molecule has 0 aromatic heterocycles. The average molecular weight is 185 g/mol. The lowest BCUT2D eigenvalue weighted by Crippen LogP contribution is -2.34. The van der Waals surface area contributed by atoms with Gasteiger partial charge < -0.3 is 10.0 Å². The standard InChI is InChI=1S/C11H23NO/c1-11(2,3)8-6-9(12(4)5)10(13)7-8/h8-10,13H,6-7H2,1-5H3. The van der Waals surface area contributed by atoms with Crippen molar-refractivity contribution in [2.24, 2.45) is 11.3 Å². The van der Waals surface area contributed by atoms with Crippen LogP contribution in [0.15, 0.2) is 0 Å². The fourth-order valence-corrected chi connectivity index (χ4v) is 2.26. The van der Waals surface area contributed by atoms with Crippen molar-refractivity contribution >= 4 is 0 Å². The lowest BCUT2D eigenvalue weighted by atomic mass is 9.79. The predicted octanol–water partition coefficient (Wildman–Crippen LogP) is 1.73. The second-order valence-electron chi connectivity index (χ2n) is 5.63. The molecule has 0 radical (unpaired) electrons. The third-order valence-corrected chi connectivity index (χ3v) is 3.38. The molecule has 1 aliphatic rings. The Hall–Kier alpha value is -0.0800. The van der Waals surface area contributed by atoms with Gasteiger partial charge in [-0.05, 0) is 38.3 Å². The molecule has 0 amide bonds. The van der Waals surface area contributed by atoms with Crippen molar-refractivity contribution in [3.05, 3.63) is 0 Å². The van der Waals surface area contributed by atoms with Crippen molar-refractivity contribution in [3.63, 3.8) is 0 Å². The van der Waals surface area contributed by atoms with E-state index < -0.39 is 0 Å². The molecule has 0 aliphatic heterocycles. The van der Waals surface area contributed by atoms with Gasteiger partial charge in [0.15, 0.2) is 0 Å². The minimum absolute atomic E-state index is 0.126. The maximum atomic E-state index is 9.85. The first-order valence-corrected chi connectivity index (χ1v) is 5.17. The normalized spacial score (nSPS) is 35.8. The molecule has 1 saturated carbocycles. The number of aliphatic hydroxyl groups excluding tert-OH is 1. The van der Waals surface area contributed by atoms with Crippen molar-refractivity contribution in [2.45, 2.75) is 45.8 Å². The molecular formula is C11H23NO. The van der Waals surface area contributed by atoms with E-state index in [1.807, 2.05) is 0 Å². The molecule has 0 saturated heterocycles. The molecule has 1 fully saturated rings. The summed E-state index contributed by atoms with van der Waals surface area (Å²) in [6.07, 6.45) is 1.98. The van der Waals surface area contributed by atoms with Crippen LogP contribution < -0.4 is 0 Å². The molecule has 3 unspecified atom stereocenters. The van der Waals surface area contributed by atoms with E-state index in [4.69, 9.17) is 0 Å². The molecule has 1 aliphatic carbocycles. The average Bonchev–Trinajstić information content (AvgIpc) is 2.29. The second-order valence-corrected chi connectivity index (χ2v) is 5.63. The van der Waals surface area contributed by atoms with Crippen LogP contribution in [0.4, 0.5) is 0 Å². The molecule has 13 heavy (non-hydrogen) atoms. The molecule has 0 heterocycles. The number of rotatable bonds is 1. The highest BCUT2D eigenvalue weighted by molar-refractivity contribution is 4.92. The molecule has 2 nitrogen and oxygen atoms in total. The van der Waals surface area contributed by atoms with E-state index in [9.17, 15) is 5.11 Å². The lowest BCUT2D eigenvalue weighted by Gasteiger charge is -2.27. The van der Waals surface area contributed by atoms with Gasteiger partial charge in [0.25, 0.3) is 0 Å². The van der Waals surface area contributed by atoms with Crippen LogP contribution in [0.3, 0.4) is 0 Å². The Morgan fingerprint density at radius 1 is 1.15 bits per heavy atom. The van der Waals surface area contributed by atoms with Gasteiger partial charge in [0, 0.05) is 6.04 Å². The largest absolute Gasteiger partial charge is 0.391 e. The van der Waals surface area contributed by atoms with Gasteiger partial charge in [-0.15, -0.1) is 0 Å². The van der Waals surface area contributed by atoms with E-state index in [2.05, 4.69) is 39.8 Å². The van der Waals surface area contributed by atoms with E-state index >= 15 is 0 Å². The van der Waals surface area contributed by atoms with E-state index in [0.717, 1.165) is 12.8 Å². The van der Waals surface area contributed by atoms with Gasteiger partial charge in [0.2, 0.25) is 0 Å². The summed E-state index contributed by atoms with van der Waals surface area (Å²) < 4.78 is 0. The van der Waals surface area contributed by atoms with Crippen molar-refractivity contribution < 1.29 is 5.11 Å². The number of likely N-dealkylation sites (N-methyl/N-ethyl adjacent to an activating group) is 1. The Balaban J connectivity index is 2.60. The highest BCUT2D eigenvalue weighted by Crippen LogP contribution is 2.40. The zero-order valence-corrected chi connectivity index (χ0v) is 9.54. The zero-order chi connectivity index (χ0) is 10.2. The summed E-state index contributed by atoms with van der Waals surface area (Å²) in [5, 5.41) is 9.85.